The van der Waals surface area contributed by atoms with Crippen LogP contribution in [0.15, 0.2) is 31.0 Å². The van der Waals surface area contributed by atoms with Crippen LogP contribution in [0.3, 0.4) is 0 Å². The summed E-state index contributed by atoms with van der Waals surface area (Å²) >= 11 is 1.63. The van der Waals surface area contributed by atoms with E-state index in [2.05, 4.69) is 64.0 Å². The summed E-state index contributed by atoms with van der Waals surface area (Å²) in [6.45, 7) is 17.5. The Hall–Kier alpha value is -1.52. The van der Waals surface area contributed by atoms with Crippen LogP contribution in [0.5, 0.6) is 0 Å². The van der Waals surface area contributed by atoms with Crippen molar-refractivity contribution in [1.82, 2.24) is 0 Å². The number of thiophene rings is 1. The second-order valence-corrected chi connectivity index (χ2v) is 12.1. The molecule has 2 fully saturated rings. The van der Waals surface area contributed by atoms with Gasteiger partial charge in [0.05, 0.1) is 16.7 Å². The van der Waals surface area contributed by atoms with E-state index in [-0.39, 0.29) is 11.2 Å². The van der Waals surface area contributed by atoms with Crippen molar-refractivity contribution in [2.45, 2.75) is 91.2 Å². The number of nitrogens with zero attached hydrogens (tertiary/aromatic N) is 1. The van der Waals surface area contributed by atoms with Crippen molar-refractivity contribution in [3.05, 3.63) is 40.8 Å². The molecular formula is C28H43NO2S. The first-order valence-electron chi connectivity index (χ1n) is 12.3. The average Bonchev–Trinajstić information content (AvgIpc) is 3.17. The largest absolute Gasteiger partial charge is 0.507 e. The van der Waals surface area contributed by atoms with Gasteiger partial charge in [-0.3, -0.25) is 0 Å². The van der Waals surface area contributed by atoms with Gasteiger partial charge >= 0.3 is 0 Å². The van der Waals surface area contributed by atoms with Crippen LogP contribution in [0.1, 0.15) is 88.8 Å². The number of hydrogen-bond acceptors (Lipinski definition) is 4. The smallest absolute Gasteiger partial charge is 0.127 e. The Morgan fingerprint density at radius 1 is 1.09 bits per heavy atom. The second-order valence-electron chi connectivity index (χ2n) is 11.0. The summed E-state index contributed by atoms with van der Waals surface area (Å²) in [5.41, 5.74) is 2.42. The molecule has 0 spiro atoms. The molecule has 1 aromatic heterocycles. The third-order valence-electron chi connectivity index (χ3n) is 7.14. The van der Waals surface area contributed by atoms with E-state index in [1.807, 2.05) is 7.11 Å². The standard InChI is InChI=1S/C28H43NO2S/c1-19-8-10-22(11-9-19)20(2)29(23-12-14-24(31-7)15-13-23)26-18-25(16-17-28(4,5)6)32-27(26)21(3)30/h16-19,22-24,30H,2-3,8-15H2,1,4-7H3. The highest BCUT2D eigenvalue weighted by Gasteiger charge is 2.33. The van der Waals surface area contributed by atoms with Gasteiger partial charge in [-0.25, -0.2) is 0 Å². The predicted octanol–water partition coefficient (Wildman–Crippen LogP) is 8.44. The molecule has 3 rings (SSSR count). The van der Waals surface area contributed by atoms with Gasteiger partial charge in [-0.05, 0) is 67.9 Å². The fraction of sp³-hybridized carbons (Fsp3) is 0.643. The number of aliphatic hydroxyl groups excluding tert-OH is 1. The Bertz CT molecular complexity index is 815. The fourth-order valence-electron chi connectivity index (χ4n) is 5.11. The normalized spacial score (nSPS) is 26.9. The van der Waals surface area contributed by atoms with Gasteiger partial charge in [0, 0.05) is 23.7 Å². The van der Waals surface area contributed by atoms with E-state index in [4.69, 9.17) is 4.74 Å². The molecule has 0 atom stereocenters. The van der Waals surface area contributed by atoms with Crippen molar-refractivity contribution in [1.29, 1.82) is 0 Å². The van der Waals surface area contributed by atoms with Crippen molar-refractivity contribution in [3.63, 3.8) is 0 Å². The zero-order valence-electron chi connectivity index (χ0n) is 20.8. The summed E-state index contributed by atoms with van der Waals surface area (Å²) in [6, 6.07) is 2.63. The van der Waals surface area contributed by atoms with Crippen molar-refractivity contribution in [3.8, 4) is 0 Å². The third-order valence-corrected chi connectivity index (χ3v) is 8.28. The van der Waals surface area contributed by atoms with Crippen LogP contribution in [-0.4, -0.2) is 24.4 Å². The Balaban J connectivity index is 1.96. The summed E-state index contributed by atoms with van der Waals surface area (Å²) in [4.78, 5) is 4.51. The maximum Gasteiger partial charge on any atom is 0.127 e. The first-order valence-corrected chi connectivity index (χ1v) is 13.1. The van der Waals surface area contributed by atoms with Gasteiger partial charge in [0.1, 0.15) is 5.76 Å². The Labute approximate surface area is 199 Å². The Morgan fingerprint density at radius 2 is 1.72 bits per heavy atom. The monoisotopic (exact) mass is 457 g/mol. The minimum Gasteiger partial charge on any atom is -0.507 e. The number of aliphatic hydroxyl groups is 1. The number of ether oxygens (including phenoxy) is 1. The quantitative estimate of drug-likeness (QED) is 0.417. The van der Waals surface area contributed by atoms with Crippen LogP contribution in [-0.2, 0) is 4.74 Å². The molecule has 4 heteroatoms. The summed E-state index contributed by atoms with van der Waals surface area (Å²) in [7, 11) is 1.82. The maximum atomic E-state index is 10.5. The van der Waals surface area contributed by atoms with Crippen LogP contribution < -0.4 is 4.90 Å². The number of anilines is 1. The molecule has 1 heterocycles. The van der Waals surface area contributed by atoms with Gasteiger partial charge in [0.2, 0.25) is 0 Å². The lowest BCUT2D eigenvalue weighted by atomic mass is 9.80. The molecular weight excluding hydrogens is 414 g/mol. The zero-order chi connectivity index (χ0) is 23.5. The van der Waals surface area contributed by atoms with E-state index in [1.54, 1.807) is 11.3 Å². The lowest BCUT2D eigenvalue weighted by molar-refractivity contribution is 0.0658. The van der Waals surface area contributed by atoms with E-state index < -0.39 is 0 Å². The van der Waals surface area contributed by atoms with Crippen molar-refractivity contribution >= 4 is 28.9 Å². The van der Waals surface area contributed by atoms with E-state index in [9.17, 15) is 5.11 Å². The molecule has 0 bridgehead atoms. The average molecular weight is 458 g/mol. The number of hydrogen-bond donors (Lipinski definition) is 1. The van der Waals surface area contributed by atoms with Crippen LogP contribution in [0, 0.1) is 17.3 Å². The highest BCUT2D eigenvalue weighted by atomic mass is 32.1. The molecule has 0 radical (unpaired) electrons. The fourth-order valence-corrected chi connectivity index (χ4v) is 6.04. The molecule has 2 aliphatic rings. The number of allylic oxidation sites excluding steroid dienone is 2. The summed E-state index contributed by atoms with van der Waals surface area (Å²) < 4.78 is 5.64. The predicted molar refractivity (Wildman–Crippen MR) is 140 cm³/mol. The van der Waals surface area contributed by atoms with Crippen molar-refractivity contribution in [2.75, 3.05) is 12.0 Å². The van der Waals surface area contributed by atoms with Gasteiger partial charge in [-0.1, -0.05) is 59.8 Å². The number of methoxy groups -OCH3 is 1. The SMILES string of the molecule is C=C(O)c1sc(C=CC(C)(C)C)cc1N(C(=C)C1CCC(C)CC1)C1CCC(OC)CC1. The van der Waals surface area contributed by atoms with Crippen LogP contribution >= 0.6 is 11.3 Å². The molecule has 0 amide bonds. The lowest BCUT2D eigenvalue weighted by Gasteiger charge is -2.42. The topological polar surface area (TPSA) is 32.7 Å². The lowest BCUT2D eigenvalue weighted by Crippen LogP contribution is -2.41. The van der Waals surface area contributed by atoms with Crippen molar-refractivity contribution in [2.24, 2.45) is 17.3 Å². The first-order chi connectivity index (χ1) is 15.1. The minimum atomic E-state index is 0.112. The zero-order valence-corrected chi connectivity index (χ0v) is 21.6. The van der Waals surface area contributed by atoms with Gasteiger partial charge in [-0.15, -0.1) is 11.3 Å². The molecule has 1 N–H and O–H groups in total. The molecule has 2 saturated carbocycles. The number of rotatable bonds is 7. The van der Waals surface area contributed by atoms with E-state index in [1.165, 1.54) is 31.4 Å². The molecule has 3 nitrogen and oxygen atoms in total. The maximum absolute atomic E-state index is 10.5. The van der Waals surface area contributed by atoms with Crippen molar-refractivity contribution < 1.29 is 9.84 Å². The Morgan fingerprint density at radius 3 is 2.25 bits per heavy atom. The van der Waals surface area contributed by atoms with Crippen LogP contribution in [0.4, 0.5) is 5.69 Å². The highest BCUT2D eigenvalue weighted by Crippen LogP contribution is 2.44. The second kappa shape index (κ2) is 10.6. The van der Waals surface area contributed by atoms with Gasteiger partial charge < -0.3 is 14.7 Å². The van der Waals surface area contributed by atoms with E-state index in [0.717, 1.165) is 47.0 Å². The van der Waals surface area contributed by atoms with Gasteiger partial charge in [0.25, 0.3) is 0 Å². The molecule has 0 aliphatic heterocycles. The highest BCUT2D eigenvalue weighted by molar-refractivity contribution is 7.14. The third kappa shape index (κ3) is 6.29. The van der Waals surface area contributed by atoms with Gasteiger partial charge in [-0.2, -0.15) is 0 Å². The van der Waals surface area contributed by atoms with E-state index >= 15 is 0 Å². The summed E-state index contributed by atoms with van der Waals surface area (Å²) in [5, 5.41) is 10.5. The molecule has 1 aromatic rings. The molecule has 178 valence electrons. The van der Waals surface area contributed by atoms with E-state index in [0.29, 0.717) is 18.1 Å². The minimum absolute atomic E-state index is 0.112. The summed E-state index contributed by atoms with van der Waals surface area (Å²) in [6.07, 6.45) is 14.1. The molecule has 0 unspecified atom stereocenters. The Kier molecular flexibility index (Phi) is 8.32. The summed E-state index contributed by atoms with van der Waals surface area (Å²) in [5.74, 6) is 1.48. The molecule has 0 saturated heterocycles. The molecule has 0 aromatic carbocycles. The first kappa shape index (κ1) is 25.1. The van der Waals surface area contributed by atoms with Crippen LogP contribution in [0.2, 0.25) is 0 Å². The molecule has 32 heavy (non-hydrogen) atoms. The molecule has 2 aliphatic carbocycles. The van der Waals surface area contributed by atoms with Crippen LogP contribution in [0.25, 0.3) is 11.8 Å². The van der Waals surface area contributed by atoms with Gasteiger partial charge in [0.15, 0.2) is 0 Å².